The minimum Gasteiger partial charge on any atom is -0.417 e. The molecule has 0 bridgehead atoms. The van der Waals surface area contributed by atoms with Crippen molar-refractivity contribution in [1.82, 2.24) is 0 Å². The predicted octanol–water partition coefficient (Wildman–Crippen LogP) is 18.9. The van der Waals surface area contributed by atoms with E-state index in [1.807, 2.05) is 84.9 Å². The second-order valence-electron chi connectivity index (χ2n) is 22.1. The normalized spacial score (nSPS) is 13.1. The largest absolute Gasteiger partial charge is 0.417 e. The molecular weight excluding hydrogens is 1350 g/mol. The van der Waals surface area contributed by atoms with Crippen molar-refractivity contribution in [3.8, 4) is 5.75 Å². The maximum Gasteiger partial charge on any atom is 0.416 e. The molecule has 0 saturated heterocycles. The van der Waals surface area contributed by atoms with E-state index in [1.54, 1.807) is 22.8 Å². The summed E-state index contributed by atoms with van der Waals surface area (Å²) in [6.07, 6.45) is -54.8. The Morgan fingerprint density at radius 2 is 0.629 bits per heavy atom. The van der Waals surface area contributed by atoms with E-state index in [2.05, 4.69) is 30.3 Å². The number of ketones is 1. The van der Waals surface area contributed by atoms with Crippen molar-refractivity contribution in [2.45, 2.75) is 56.0 Å². The van der Waals surface area contributed by atoms with Crippen LogP contribution >= 0.6 is 0 Å². The Morgan fingerprint density at radius 1 is 0.309 bits per heavy atom. The zero-order chi connectivity index (χ0) is 71.0. The number of hydrogen-bond donors (Lipinski definition) is 0. The lowest BCUT2D eigenvalue weighted by atomic mass is 9.12. The molecule has 0 fully saturated rings. The number of fused-ring (bicyclic) bond motifs is 4. The predicted molar refractivity (Wildman–Crippen MR) is 309 cm³/mol. The van der Waals surface area contributed by atoms with Gasteiger partial charge in [0, 0.05) is 33.9 Å². The molecule has 29 heteroatoms. The Morgan fingerprint density at radius 3 is 1.01 bits per heavy atom. The Hall–Kier alpha value is -10.1. The zero-order valence-electron chi connectivity index (χ0n) is 48.2. The number of halogens is 24. The summed E-state index contributed by atoms with van der Waals surface area (Å²) in [5, 5.41) is 6.81. The van der Waals surface area contributed by atoms with Crippen LogP contribution in [0.2, 0.25) is 0 Å². The third kappa shape index (κ3) is 14.5. The van der Waals surface area contributed by atoms with Crippen LogP contribution in [-0.4, -0.2) is 17.9 Å². The van der Waals surface area contributed by atoms with Crippen LogP contribution < -0.4 is 31.2 Å². The van der Waals surface area contributed by atoms with Crippen LogP contribution in [0.25, 0.3) is 43.2 Å². The van der Waals surface area contributed by atoms with E-state index < -0.39 is 201 Å². The Balaban J connectivity index is 0.000000222. The van der Waals surface area contributed by atoms with Crippen LogP contribution in [0.4, 0.5) is 105 Å². The number of ether oxygens (including phenoxy) is 1. The van der Waals surface area contributed by atoms with E-state index in [-0.39, 0.29) is 12.3 Å². The van der Waals surface area contributed by atoms with E-state index in [9.17, 15) is 115 Å². The second-order valence-corrected chi connectivity index (χ2v) is 22.1. The van der Waals surface area contributed by atoms with Crippen LogP contribution in [0, 0.1) is 0 Å². The highest BCUT2D eigenvalue weighted by Crippen LogP contribution is 2.43. The van der Waals surface area contributed by atoms with Gasteiger partial charge in [0.05, 0.1) is 44.5 Å². The summed E-state index contributed by atoms with van der Waals surface area (Å²) in [5.41, 5.74) is -28.5. The van der Waals surface area contributed by atoms with Gasteiger partial charge >= 0.3 is 55.4 Å². The molecule has 0 amide bonds. The van der Waals surface area contributed by atoms with Gasteiger partial charge in [0.25, 0.3) is 5.69 Å². The number of para-hydroxylation sites is 1. The summed E-state index contributed by atoms with van der Waals surface area (Å²) >= 11 is 0. The average Bonchev–Trinajstić information content (AvgIpc) is 0.708. The monoisotopic (exact) mass is 1380 g/mol. The standard InChI is InChI=1S/C36H24NO3.C32H12BF24/c38-34(25-11-2-1-3-12-25)23-37-32-17-9-7-10-24(32)18-19-33(37)36(39)40-35-30-16-8-6-15-28(30)21-29-20-26-13-4-5-14-27(26)22-31(29)35;34-25(35,36)13-1-14(26(37,38)39)6-21(5-13)33(22-7-15(27(40,41)42)2-16(8-22)28(43,44)45,23-9-17(29(46,47)48)3-18(10-23)30(49,50)51)24-11-19(31(52,53)54)4-20(12-24)32(55,56)57/h1-22H,23H2;1-12H/q+1;-1. The van der Waals surface area contributed by atoms with Gasteiger partial charge in [-0.15, -0.1) is 0 Å². The van der Waals surface area contributed by atoms with Crippen LogP contribution in [0.1, 0.15) is 65.4 Å². The minimum atomic E-state index is -6.13. The van der Waals surface area contributed by atoms with E-state index >= 15 is 0 Å². The second kappa shape index (κ2) is 24.8. The molecule has 0 spiro atoms. The number of esters is 1. The van der Waals surface area contributed by atoms with Crippen LogP contribution in [0.5, 0.6) is 5.75 Å². The first-order chi connectivity index (χ1) is 44.9. The quantitative estimate of drug-likeness (QED) is 0.0275. The van der Waals surface area contributed by atoms with Crippen molar-refractivity contribution >= 4 is 83.0 Å². The summed E-state index contributed by atoms with van der Waals surface area (Å²) in [4.78, 5) is 27.3. The molecular formula is C68H36BF24NO3. The number of alkyl halides is 24. The molecule has 0 radical (unpaired) electrons. The first-order valence-electron chi connectivity index (χ1n) is 27.8. The fourth-order valence-electron chi connectivity index (χ4n) is 11.5. The van der Waals surface area contributed by atoms with Crippen LogP contribution in [-0.2, 0) is 56.0 Å². The van der Waals surface area contributed by atoms with Gasteiger partial charge in [-0.1, -0.05) is 140 Å². The van der Waals surface area contributed by atoms with Gasteiger partial charge in [0.15, 0.2) is 0 Å². The molecule has 0 saturated carbocycles. The van der Waals surface area contributed by atoms with Crippen molar-refractivity contribution < 1.29 is 124 Å². The van der Waals surface area contributed by atoms with Crippen LogP contribution in [0.3, 0.4) is 0 Å². The summed E-state index contributed by atoms with van der Waals surface area (Å²) in [7, 11) is 0. The fraction of sp³-hybridized carbons (Fsp3) is 0.132. The van der Waals surface area contributed by atoms with Crippen molar-refractivity contribution in [1.29, 1.82) is 0 Å². The Labute approximate surface area is 529 Å². The summed E-state index contributed by atoms with van der Waals surface area (Å²) in [5.74, 6) is -0.0894. The number of nitrogens with zero attached hydrogens (tertiary/aromatic N) is 1. The molecule has 1 aromatic heterocycles. The number of aromatic nitrogens is 1. The number of carbonyl (C=O) groups excluding carboxylic acids is 2. The third-order valence-corrected chi connectivity index (χ3v) is 15.9. The smallest absolute Gasteiger partial charge is 0.416 e. The van der Waals surface area contributed by atoms with E-state index in [1.165, 1.54) is 0 Å². The molecule has 0 unspecified atom stereocenters. The van der Waals surface area contributed by atoms with Crippen molar-refractivity contribution in [3.63, 3.8) is 0 Å². The topological polar surface area (TPSA) is 47.2 Å². The molecule has 0 aliphatic heterocycles. The lowest BCUT2D eigenvalue weighted by Gasteiger charge is -2.46. The molecule has 11 aromatic rings. The molecule has 4 nitrogen and oxygen atoms in total. The van der Waals surface area contributed by atoms with Crippen LogP contribution in [0.15, 0.2) is 206 Å². The third-order valence-electron chi connectivity index (χ3n) is 15.9. The van der Waals surface area contributed by atoms with Crippen molar-refractivity contribution in [2.24, 2.45) is 0 Å². The first kappa shape index (κ1) is 69.7. The Kier molecular flexibility index (Phi) is 17.9. The molecule has 502 valence electrons. The van der Waals surface area contributed by atoms with Gasteiger partial charge < -0.3 is 4.74 Å². The maximum atomic E-state index is 14.2. The number of rotatable bonds is 9. The number of pyridine rings is 1. The number of benzene rings is 10. The summed E-state index contributed by atoms with van der Waals surface area (Å²) in [6.45, 7) is 0.0106. The van der Waals surface area contributed by atoms with E-state index in [4.69, 9.17) is 4.74 Å². The molecule has 0 N–H and O–H groups in total. The number of carbonyl (C=O) groups is 2. The van der Waals surface area contributed by atoms with Gasteiger partial charge in [0.1, 0.15) is 11.9 Å². The first-order valence-corrected chi connectivity index (χ1v) is 27.8. The molecule has 10 aromatic carbocycles. The van der Waals surface area contributed by atoms with Crippen molar-refractivity contribution in [2.75, 3.05) is 0 Å². The van der Waals surface area contributed by atoms with Gasteiger partial charge in [-0.05, 0) is 76.1 Å². The SMILES string of the molecule is FC(F)(F)c1cc([B-](c2cc(C(F)(F)F)cc(C(F)(F)F)c2)(c2cc(C(F)(F)F)cc(C(F)(F)F)c2)c2cc(C(F)(F)F)cc(C(F)(F)F)c2)cc(C(F)(F)F)c1.O=C(C[n+]1c(C(=O)Oc2c3ccccc3cc3cc4ccccc4cc23)ccc2ccccc21)c1ccccc1. The zero-order valence-corrected chi connectivity index (χ0v) is 48.2. The lowest BCUT2D eigenvalue weighted by molar-refractivity contribution is -0.659. The number of hydrogen-bond acceptors (Lipinski definition) is 3. The molecule has 0 aliphatic carbocycles. The average molecular weight is 1380 g/mol. The highest BCUT2D eigenvalue weighted by molar-refractivity contribution is 7.20. The molecule has 11 rings (SSSR count). The molecule has 97 heavy (non-hydrogen) atoms. The minimum absolute atomic E-state index is 0.0106. The number of Topliss-reactive ketones (excluding diaryl/α,β-unsaturated/α-hetero) is 1. The Bertz CT molecular complexity index is 4430. The van der Waals surface area contributed by atoms with Gasteiger partial charge in [-0.3, -0.25) is 4.79 Å². The highest BCUT2D eigenvalue weighted by atomic mass is 19.4. The highest BCUT2D eigenvalue weighted by Gasteiger charge is 2.47. The fourth-order valence-corrected chi connectivity index (χ4v) is 11.5. The van der Waals surface area contributed by atoms with Gasteiger partial charge in [-0.2, -0.15) is 132 Å². The summed E-state index contributed by atoms with van der Waals surface area (Å²) in [6, 6.07) is 34.1. The van der Waals surface area contributed by atoms with Gasteiger partial charge in [0.2, 0.25) is 17.8 Å². The molecule has 0 aliphatic rings. The van der Waals surface area contributed by atoms with Crippen molar-refractivity contribution in [3.05, 3.63) is 262 Å². The van der Waals surface area contributed by atoms with E-state index in [0.717, 1.165) is 43.2 Å². The summed E-state index contributed by atoms with van der Waals surface area (Å²) < 4.78 is 349. The lowest BCUT2D eigenvalue weighted by Crippen LogP contribution is -2.75. The van der Waals surface area contributed by atoms with E-state index in [0.29, 0.717) is 17.0 Å². The van der Waals surface area contributed by atoms with Gasteiger partial charge in [-0.25, -0.2) is 4.79 Å². The molecule has 0 atom stereocenters. The maximum absolute atomic E-state index is 14.2. The molecule has 1 heterocycles.